The molecule has 0 unspecified atom stereocenters. The summed E-state index contributed by atoms with van der Waals surface area (Å²) >= 11 is 0. The van der Waals surface area contributed by atoms with Crippen molar-refractivity contribution >= 4 is 26.7 Å². The van der Waals surface area contributed by atoms with E-state index in [4.69, 9.17) is 5.73 Å². The number of nitrogens with zero attached hydrogens (tertiary/aromatic N) is 1. The third-order valence-electron chi connectivity index (χ3n) is 4.13. The number of nitrogen functional groups attached to an aromatic ring is 1. The molecule has 2 aromatic carbocycles. The average molecular weight is 345 g/mol. The van der Waals surface area contributed by atoms with Crippen LogP contribution in [0.15, 0.2) is 34.0 Å². The van der Waals surface area contributed by atoms with Crippen LogP contribution >= 0.6 is 0 Å². The summed E-state index contributed by atoms with van der Waals surface area (Å²) in [5.74, 6) is 0. The number of nitrogens with two attached hydrogens (primary N) is 1. The van der Waals surface area contributed by atoms with Crippen LogP contribution in [-0.2, 0) is 10.0 Å². The van der Waals surface area contributed by atoms with Crippen molar-refractivity contribution in [2.75, 3.05) is 5.73 Å². The molecule has 3 aromatic rings. The molecule has 6 nitrogen and oxygen atoms in total. The molecule has 3 N–H and O–H groups in total. The van der Waals surface area contributed by atoms with Gasteiger partial charge >= 0.3 is 5.69 Å². The molecule has 0 aliphatic carbocycles. The van der Waals surface area contributed by atoms with Crippen LogP contribution in [0.4, 0.5) is 5.69 Å². The number of imidazole rings is 1. The summed E-state index contributed by atoms with van der Waals surface area (Å²) in [6.07, 6.45) is 0. The zero-order valence-electron chi connectivity index (χ0n) is 14.0. The predicted octanol–water partition coefficient (Wildman–Crippen LogP) is 2.38. The van der Waals surface area contributed by atoms with Crippen LogP contribution in [0.5, 0.6) is 0 Å². The van der Waals surface area contributed by atoms with Crippen LogP contribution in [-0.4, -0.2) is 17.4 Å². The Kier molecular flexibility index (Phi) is 3.56. The Morgan fingerprint density at radius 1 is 0.958 bits per heavy atom. The number of anilines is 1. The van der Waals surface area contributed by atoms with Gasteiger partial charge in [-0.15, -0.1) is 0 Å². The molecule has 1 heterocycles. The summed E-state index contributed by atoms with van der Waals surface area (Å²) < 4.78 is 27.2. The summed E-state index contributed by atoms with van der Waals surface area (Å²) in [6.45, 7) is 7.15. The Hall–Kier alpha value is -2.54. The van der Waals surface area contributed by atoms with Gasteiger partial charge in [-0.1, -0.05) is 17.7 Å². The fraction of sp³-hybridized carbons (Fsp3) is 0.235. The number of aryl methyl sites for hydroxylation is 4. The van der Waals surface area contributed by atoms with Gasteiger partial charge in [0.05, 0.1) is 15.9 Å². The van der Waals surface area contributed by atoms with E-state index in [1.807, 2.05) is 6.92 Å². The van der Waals surface area contributed by atoms with Gasteiger partial charge in [0.25, 0.3) is 10.0 Å². The minimum absolute atomic E-state index is 0.148. The predicted molar refractivity (Wildman–Crippen MR) is 94.9 cm³/mol. The molecule has 24 heavy (non-hydrogen) atoms. The topological polar surface area (TPSA) is 98.0 Å². The lowest BCUT2D eigenvalue weighted by Crippen LogP contribution is -2.26. The number of aromatic amines is 1. The largest absolute Gasteiger partial charge is 0.398 e. The summed E-state index contributed by atoms with van der Waals surface area (Å²) in [5, 5.41) is 0. The van der Waals surface area contributed by atoms with Crippen molar-refractivity contribution in [2.24, 2.45) is 0 Å². The van der Waals surface area contributed by atoms with Crippen molar-refractivity contribution in [3.63, 3.8) is 0 Å². The van der Waals surface area contributed by atoms with Crippen molar-refractivity contribution in [1.82, 2.24) is 8.96 Å². The highest BCUT2D eigenvalue weighted by atomic mass is 32.2. The van der Waals surface area contributed by atoms with E-state index in [0.717, 1.165) is 15.1 Å². The number of rotatable bonds is 2. The van der Waals surface area contributed by atoms with E-state index >= 15 is 0 Å². The van der Waals surface area contributed by atoms with E-state index < -0.39 is 15.7 Å². The van der Waals surface area contributed by atoms with Gasteiger partial charge in [-0.25, -0.2) is 13.2 Å². The first-order valence-corrected chi connectivity index (χ1v) is 8.91. The Morgan fingerprint density at radius 3 is 2.12 bits per heavy atom. The SMILES string of the molecule is Cc1cc(C)c(S(=O)(=O)n2c(=O)[nH]c3cc(C)c(N)cc32)c(C)c1. The van der Waals surface area contributed by atoms with Crippen LogP contribution in [0.25, 0.3) is 11.0 Å². The normalized spacial score (nSPS) is 12.0. The van der Waals surface area contributed by atoms with Crippen LogP contribution < -0.4 is 11.4 Å². The van der Waals surface area contributed by atoms with Gasteiger partial charge in [0.1, 0.15) is 0 Å². The first-order chi connectivity index (χ1) is 11.1. The highest BCUT2D eigenvalue weighted by Gasteiger charge is 2.26. The fourth-order valence-electron chi connectivity index (χ4n) is 3.16. The highest BCUT2D eigenvalue weighted by Crippen LogP contribution is 2.27. The van der Waals surface area contributed by atoms with Crippen LogP contribution in [0, 0.1) is 27.7 Å². The summed E-state index contributed by atoms with van der Waals surface area (Å²) in [6, 6.07) is 6.77. The second-order valence-corrected chi connectivity index (χ2v) is 7.88. The fourth-order valence-corrected chi connectivity index (χ4v) is 4.95. The molecule has 0 bridgehead atoms. The van der Waals surface area contributed by atoms with Crippen molar-refractivity contribution < 1.29 is 8.42 Å². The Morgan fingerprint density at radius 2 is 1.54 bits per heavy atom. The maximum absolute atomic E-state index is 13.2. The van der Waals surface area contributed by atoms with Crippen LogP contribution in [0.1, 0.15) is 22.3 Å². The molecule has 0 aliphatic heterocycles. The van der Waals surface area contributed by atoms with Gasteiger partial charge in [-0.3, -0.25) is 0 Å². The van der Waals surface area contributed by atoms with Gasteiger partial charge in [0.15, 0.2) is 0 Å². The molecule has 0 saturated heterocycles. The minimum atomic E-state index is -4.04. The van der Waals surface area contributed by atoms with Gasteiger partial charge in [0, 0.05) is 5.69 Å². The maximum Gasteiger partial charge on any atom is 0.340 e. The standard InChI is InChI=1S/C17H19N3O3S/c1-9-5-11(3)16(12(4)6-9)24(22,23)20-15-8-13(18)10(2)7-14(15)19-17(20)21/h5-8H,18H2,1-4H3,(H,19,21). The van der Waals surface area contributed by atoms with Gasteiger partial charge in [-0.05, 0) is 56.5 Å². The van der Waals surface area contributed by atoms with Crippen LogP contribution in [0.2, 0.25) is 0 Å². The Balaban J connectivity index is 2.41. The molecule has 0 radical (unpaired) electrons. The second kappa shape index (κ2) is 5.24. The number of fused-ring (bicyclic) bond motifs is 1. The van der Waals surface area contributed by atoms with E-state index in [2.05, 4.69) is 4.98 Å². The highest BCUT2D eigenvalue weighted by molar-refractivity contribution is 7.90. The maximum atomic E-state index is 13.2. The lowest BCUT2D eigenvalue weighted by Gasteiger charge is -2.13. The van der Waals surface area contributed by atoms with Gasteiger partial charge in [-0.2, -0.15) is 3.97 Å². The molecule has 3 rings (SSSR count). The molecule has 0 atom stereocenters. The number of H-pyrrole nitrogens is 1. The van der Waals surface area contributed by atoms with E-state index in [-0.39, 0.29) is 10.4 Å². The molecule has 0 fully saturated rings. The number of benzene rings is 2. The zero-order chi connectivity index (χ0) is 17.8. The quantitative estimate of drug-likeness (QED) is 0.697. The van der Waals surface area contributed by atoms with E-state index in [1.165, 1.54) is 6.07 Å². The lowest BCUT2D eigenvalue weighted by atomic mass is 10.1. The molecule has 0 spiro atoms. The average Bonchev–Trinajstić information content (AvgIpc) is 2.73. The van der Waals surface area contributed by atoms with Crippen molar-refractivity contribution in [3.05, 3.63) is 57.0 Å². The van der Waals surface area contributed by atoms with Gasteiger partial charge in [0.2, 0.25) is 0 Å². The molecule has 0 amide bonds. The minimum Gasteiger partial charge on any atom is -0.398 e. The summed E-state index contributed by atoms with van der Waals surface area (Å²) in [4.78, 5) is 15.1. The molecule has 1 aromatic heterocycles. The molecule has 0 aliphatic rings. The number of hydrogen-bond acceptors (Lipinski definition) is 4. The summed E-state index contributed by atoms with van der Waals surface area (Å²) in [7, 11) is -4.04. The van der Waals surface area contributed by atoms with E-state index in [9.17, 15) is 13.2 Å². The molecule has 7 heteroatoms. The first-order valence-electron chi connectivity index (χ1n) is 7.47. The molecular weight excluding hydrogens is 326 g/mol. The lowest BCUT2D eigenvalue weighted by molar-refractivity contribution is 0.586. The Bertz CT molecular complexity index is 1110. The monoisotopic (exact) mass is 345 g/mol. The number of aromatic nitrogens is 2. The second-order valence-electron chi connectivity index (χ2n) is 6.15. The third kappa shape index (κ3) is 2.32. The molecule has 0 saturated carbocycles. The third-order valence-corrected chi connectivity index (χ3v) is 6.14. The van der Waals surface area contributed by atoms with Crippen molar-refractivity contribution in [1.29, 1.82) is 0 Å². The van der Waals surface area contributed by atoms with Crippen molar-refractivity contribution in [3.8, 4) is 0 Å². The molecular formula is C17H19N3O3S. The first kappa shape index (κ1) is 16.3. The number of hydrogen-bond donors (Lipinski definition) is 2. The molecule has 126 valence electrons. The zero-order valence-corrected chi connectivity index (χ0v) is 14.8. The summed E-state index contributed by atoms with van der Waals surface area (Å²) in [5.41, 5.74) is 9.28. The van der Waals surface area contributed by atoms with E-state index in [0.29, 0.717) is 22.3 Å². The van der Waals surface area contributed by atoms with Crippen molar-refractivity contribution in [2.45, 2.75) is 32.6 Å². The number of nitrogens with one attached hydrogen (secondary N) is 1. The Labute approximate surface area is 140 Å². The van der Waals surface area contributed by atoms with E-state index in [1.54, 1.807) is 39.0 Å². The smallest absolute Gasteiger partial charge is 0.340 e. The van der Waals surface area contributed by atoms with Crippen LogP contribution in [0.3, 0.4) is 0 Å². The van der Waals surface area contributed by atoms with Gasteiger partial charge < -0.3 is 10.7 Å².